The Labute approximate surface area is 133 Å². The summed E-state index contributed by atoms with van der Waals surface area (Å²) in [5.74, 6) is 1.15. The normalized spacial score (nSPS) is 15.8. The van der Waals surface area contributed by atoms with Crippen LogP contribution in [0.3, 0.4) is 0 Å². The molecule has 0 unspecified atom stereocenters. The number of fused-ring (bicyclic) bond motifs is 1. The van der Waals surface area contributed by atoms with E-state index in [1.807, 2.05) is 12.3 Å². The largest absolute Gasteiger partial charge is 0.274 e. The molecular weight excluding hydrogens is 298 g/mol. The Kier molecular flexibility index (Phi) is 4.80. The van der Waals surface area contributed by atoms with Gasteiger partial charge in [0.2, 0.25) is 0 Å². The maximum Gasteiger partial charge on any atom is 0.174 e. The second-order valence-corrected chi connectivity index (χ2v) is 6.27. The van der Waals surface area contributed by atoms with Gasteiger partial charge in [-0.15, -0.1) is 11.8 Å². The zero-order valence-electron chi connectivity index (χ0n) is 12.6. The van der Waals surface area contributed by atoms with Crippen LogP contribution in [0.15, 0.2) is 17.3 Å². The predicted molar refractivity (Wildman–Crippen MR) is 85.6 cm³/mol. The maximum absolute atomic E-state index is 9.44. The standard InChI is InChI=1S/C15H19N5OS/c1-22-15-12(9-16)14(20-13(18-15)7-8-17-20)19-21-10-11-5-3-2-4-6-11/h7-8,11,19H,2-6,10H2,1H3. The number of anilines is 1. The molecule has 1 fully saturated rings. The molecule has 1 N–H and O–H groups in total. The van der Waals surface area contributed by atoms with E-state index in [9.17, 15) is 5.26 Å². The zero-order valence-corrected chi connectivity index (χ0v) is 13.4. The van der Waals surface area contributed by atoms with Gasteiger partial charge < -0.3 is 0 Å². The van der Waals surface area contributed by atoms with Crippen molar-refractivity contribution in [2.24, 2.45) is 5.92 Å². The Morgan fingerprint density at radius 2 is 2.27 bits per heavy atom. The second kappa shape index (κ2) is 6.99. The first-order valence-corrected chi connectivity index (χ1v) is 8.75. The lowest BCUT2D eigenvalue weighted by atomic mass is 9.90. The number of hydrogen-bond acceptors (Lipinski definition) is 6. The van der Waals surface area contributed by atoms with E-state index in [0.29, 0.717) is 34.6 Å². The van der Waals surface area contributed by atoms with Crippen molar-refractivity contribution < 1.29 is 4.84 Å². The molecule has 6 nitrogen and oxygen atoms in total. The maximum atomic E-state index is 9.44. The van der Waals surface area contributed by atoms with Gasteiger partial charge in [0.15, 0.2) is 11.5 Å². The molecule has 2 aromatic rings. The summed E-state index contributed by atoms with van der Waals surface area (Å²) in [5, 5.41) is 14.3. The number of nitrogens with one attached hydrogen (secondary N) is 1. The molecule has 0 amide bonds. The van der Waals surface area contributed by atoms with Crippen LogP contribution in [0.1, 0.15) is 37.7 Å². The first-order valence-electron chi connectivity index (χ1n) is 7.53. The first kappa shape index (κ1) is 15.1. The van der Waals surface area contributed by atoms with E-state index >= 15 is 0 Å². The lowest BCUT2D eigenvalue weighted by Gasteiger charge is -2.21. The molecule has 0 saturated heterocycles. The molecule has 0 atom stereocenters. The summed E-state index contributed by atoms with van der Waals surface area (Å²) in [6.45, 7) is 0.657. The monoisotopic (exact) mass is 317 g/mol. The smallest absolute Gasteiger partial charge is 0.174 e. The van der Waals surface area contributed by atoms with E-state index in [-0.39, 0.29) is 0 Å². The van der Waals surface area contributed by atoms with Crippen LogP contribution in [0.5, 0.6) is 0 Å². The molecule has 116 valence electrons. The van der Waals surface area contributed by atoms with E-state index in [1.54, 1.807) is 10.7 Å². The van der Waals surface area contributed by atoms with Gasteiger partial charge >= 0.3 is 0 Å². The van der Waals surface area contributed by atoms with E-state index in [4.69, 9.17) is 4.84 Å². The van der Waals surface area contributed by atoms with Crippen molar-refractivity contribution in [2.75, 3.05) is 18.3 Å². The molecule has 0 bridgehead atoms. The van der Waals surface area contributed by atoms with Crippen molar-refractivity contribution in [3.63, 3.8) is 0 Å². The van der Waals surface area contributed by atoms with Crippen molar-refractivity contribution in [1.82, 2.24) is 14.6 Å². The molecule has 22 heavy (non-hydrogen) atoms. The van der Waals surface area contributed by atoms with Crippen LogP contribution in [0.4, 0.5) is 5.82 Å². The molecule has 0 radical (unpaired) electrons. The zero-order chi connectivity index (χ0) is 15.4. The summed E-state index contributed by atoms with van der Waals surface area (Å²) in [4.78, 5) is 10.1. The van der Waals surface area contributed by atoms with Crippen molar-refractivity contribution >= 4 is 23.2 Å². The highest BCUT2D eigenvalue weighted by Gasteiger charge is 2.17. The number of rotatable bonds is 5. The molecule has 2 aromatic heterocycles. The molecule has 1 saturated carbocycles. The van der Waals surface area contributed by atoms with Gasteiger partial charge in [-0.25, -0.2) is 10.5 Å². The molecule has 0 spiro atoms. The summed E-state index contributed by atoms with van der Waals surface area (Å²) in [5.41, 5.74) is 4.11. The molecule has 7 heteroatoms. The Morgan fingerprint density at radius 1 is 1.45 bits per heavy atom. The van der Waals surface area contributed by atoms with Gasteiger partial charge in [0, 0.05) is 6.07 Å². The molecule has 0 aromatic carbocycles. The summed E-state index contributed by atoms with van der Waals surface area (Å²) in [6, 6.07) is 4.01. The Morgan fingerprint density at radius 3 is 3.00 bits per heavy atom. The van der Waals surface area contributed by atoms with Gasteiger partial charge in [0.05, 0.1) is 12.8 Å². The third kappa shape index (κ3) is 3.03. The van der Waals surface area contributed by atoms with E-state index < -0.39 is 0 Å². The highest BCUT2D eigenvalue weighted by Crippen LogP contribution is 2.27. The molecular formula is C15H19N5OS. The second-order valence-electron chi connectivity index (χ2n) is 5.47. The highest BCUT2D eigenvalue weighted by molar-refractivity contribution is 7.98. The third-order valence-corrected chi connectivity index (χ3v) is 4.70. The van der Waals surface area contributed by atoms with E-state index in [0.717, 1.165) is 0 Å². The summed E-state index contributed by atoms with van der Waals surface area (Å²) >= 11 is 1.44. The number of hydrogen-bond donors (Lipinski definition) is 1. The number of nitrogens with zero attached hydrogens (tertiary/aromatic N) is 4. The summed E-state index contributed by atoms with van der Waals surface area (Å²) < 4.78 is 1.61. The van der Waals surface area contributed by atoms with Gasteiger partial charge in [-0.05, 0) is 25.0 Å². The van der Waals surface area contributed by atoms with Gasteiger partial charge in [0.1, 0.15) is 16.7 Å². The van der Waals surface area contributed by atoms with Crippen LogP contribution in [0.25, 0.3) is 5.65 Å². The van der Waals surface area contributed by atoms with Crippen LogP contribution >= 0.6 is 11.8 Å². The van der Waals surface area contributed by atoms with Gasteiger partial charge in [-0.1, -0.05) is 19.3 Å². The number of aromatic nitrogens is 3. The van der Waals surface area contributed by atoms with Crippen molar-refractivity contribution in [2.45, 2.75) is 37.1 Å². The Hall–Kier alpha value is -1.78. The van der Waals surface area contributed by atoms with Crippen LogP contribution < -0.4 is 5.48 Å². The Balaban J connectivity index is 1.79. The number of thioether (sulfide) groups is 1. The van der Waals surface area contributed by atoms with Crippen molar-refractivity contribution in [3.8, 4) is 6.07 Å². The van der Waals surface area contributed by atoms with Gasteiger partial charge in [-0.2, -0.15) is 14.9 Å². The number of nitriles is 1. The predicted octanol–water partition coefficient (Wildman–Crippen LogP) is 3.25. The van der Waals surface area contributed by atoms with Gasteiger partial charge in [-0.3, -0.25) is 4.84 Å². The van der Waals surface area contributed by atoms with Crippen molar-refractivity contribution in [3.05, 3.63) is 17.8 Å². The minimum absolute atomic E-state index is 0.465. The average molecular weight is 317 g/mol. The molecule has 1 aliphatic rings. The van der Waals surface area contributed by atoms with Crippen LogP contribution in [-0.2, 0) is 4.84 Å². The lowest BCUT2D eigenvalue weighted by Crippen LogP contribution is -2.18. The third-order valence-electron chi connectivity index (χ3n) is 4.02. The van der Waals surface area contributed by atoms with E-state index in [1.165, 1.54) is 43.9 Å². The molecule has 2 heterocycles. The van der Waals surface area contributed by atoms with Crippen LogP contribution in [0, 0.1) is 17.2 Å². The molecule has 1 aliphatic carbocycles. The van der Waals surface area contributed by atoms with Crippen LogP contribution in [-0.4, -0.2) is 27.5 Å². The van der Waals surface area contributed by atoms with E-state index in [2.05, 4.69) is 21.6 Å². The minimum Gasteiger partial charge on any atom is -0.274 e. The first-order chi connectivity index (χ1) is 10.8. The fraction of sp³-hybridized carbons (Fsp3) is 0.533. The average Bonchev–Trinajstić information content (AvgIpc) is 3.03. The molecule has 0 aliphatic heterocycles. The van der Waals surface area contributed by atoms with Gasteiger partial charge in [0.25, 0.3) is 0 Å². The lowest BCUT2D eigenvalue weighted by molar-refractivity contribution is 0.127. The topological polar surface area (TPSA) is 75.2 Å². The van der Waals surface area contributed by atoms with Crippen molar-refractivity contribution in [1.29, 1.82) is 5.26 Å². The Bertz CT molecular complexity index is 687. The fourth-order valence-electron chi connectivity index (χ4n) is 2.84. The quantitative estimate of drug-likeness (QED) is 0.518. The van der Waals surface area contributed by atoms with Crippen LogP contribution in [0.2, 0.25) is 0 Å². The molecule has 3 rings (SSSR count). The highest BCUT2D eigenvalue weighted by atomic mass is 32.2. The summed E-state index contributed by atoms with van der Waals surface area (Å²) in [7, 11) is 0. The minimum atomic E-state index is 0.465. The summed E-state index contributed by atoms with van der Waals surface area (Å²) in [6.07, 6.45) is 9.91. The SMILES string of the molecule is CSc1nc2ccnn2c(NOCC2CCCCC2)c1C#N. The fourth-order valence-corrected chi connectivity index (χ4v) is 3.38.